The monoisotopic (exact) mass is 352 g/mol. The number of aromatic nitrogens is 2. The Bertz CT molecular complexity index is 793. The summed E-state index contributed by atoms with van der Waals surface area (Å²) in [5, 5.41) is 11.4. The van der Waals surface area contributed by atoms with Gasteiger partial charge in [-0.1, -0.05) is 17.7 Å². The van der Waals surface area contributed by atoms with E-state index in [2.05, 4.69) is 48.7 Å². The Kier molecular flexibility index (Phi) is 4.81. The molecule has 26 heavy (non-hydrogen) atoms. The molecule has 1 fully saturated rings. The van der Waals surface area contributed by atoms with Gasteiger partial charge in [-0.25, -0.2) is 4.68 Å². The molecule has 2 unspecified atom stereocenters. The summed E-state index contributed by atoms with van der Waals surface area (Å²) in [6, 6.07) is 9.07. The van der Waals surface area contributed by atoms with Gasteiger partial charge in [0.1, 0.15) is 0 Å². The molecule has 0 spiro atoms. The summed E-state index contributed by atoms with van der Waals surface area (Å²) in [7, 11) is 0. The molecule has 2 N–H and O–H groups in total. The third-order valence-corrected chi connectivity index (χ3v) is 5.63. The molecule has 0 saturated carbocycles. The first-order valence-electron chi connectivity index (χ1n) is 9.84. The van der Waals surface area contributed by atoms with E-state index < -0.39 is 0 Å². The fraction of sp³-hybridized carbons (Fsp3) is 0.524. The van der Waals surface area contributed by atoms with Crippen LogP contribution in [0, 0.1) is 6.92 Å². The van der Waals surface area contributed by atoms with Crippen molar-refractivity contribution in [3.8, 4) is 5.69 Å². The lowest BCUT2D eigenvalue weighted by molar-refractivity contribution is 0.0919. The Morgan fingerprint density at radius 1 is 1.23 bits per heavy atom. The molecular weight excluding hydrogens is 324 g/mol. The standard InChI is InChI=1S/C21H28N4O/c1-14-7-9-17(10-8-14)25-19-6-4-3-5-18(19)20(24-25)21(26)23-16-11-12-22-15(2)13-16/h7-10,15-16,22H,3-6,11-13H2,1-2H3,(H,23,26). The molecule has 1 aliphatic heterocycles. The first-order chi connectivity index (χ1) is 12.6. The van der Waals surface area contributed by atoms with Crippen LogP contribution in [0.2, 0.25) is 0 Å². The number of fused-ring (bicyclic) bond motifs is 1. The summed E-state index contributed by atoms with van der Waals surface area (Å²) in [6.07, 6.45) is 6.21. The first kappa shape index (κ1) is 17.3. The van der Waals surface area contributed by atoms with E-state index >= 15 is 0 Å². The van der Waals surface area contributed by atoms with Crippen molar-refractivity contribution in [2.45, 2.75) is 64.5 Å². The summed E-state index contributed by atoms with van der Waals surface area (Å²) < 4.78 is 1.99. The van der Waals surface area contributed by atoms with Crippen LogP contribution in [0.4, 0.5) is 0 Å². The number of amides is 1. The molecule has 2 aliphatic rings. The first-order valence-corrected chi connectivity index (χ1v) is 9.84. The van der Waals surface area contributed by atoms with E-state index in [9.17, 15) is 4.79 Å². The van der Waals surface area contributed by atoms with Gasteiger partial charge in [0.2, 0.25) is 0 Å². The van der Waals surface area contributed by atoms with Crippen molar-refractivity contribution in [2.24, 2.45) is 0 Å². The molecule has 0 bridgehead atoms. The summed E-state index contributed by atoms with van der Waals surface area (Å²) in [6.45, 7) is 5.22. The van der Waals surface area contributed by atoms with E-state index in [1.807, 2.05) is 4.68 Å². The van der Waals surface area contributed by atoms with Gasteiger partial charge in [-0.15, -0.1) is 0 Å². The van der Waals surface area contributed by atoms with Crippen LogP contribution in [0.3, 0.4) is 0 Å². The van der Waals surface area contributed by atoms with Crippen molar-refractivity contribution in [3.05, 3.63) is 46.8 Å². The van der Waals surface area contributed by atoms with Gasteiger partial charge in [0.05, 0.1) is 5.69 Å². The normalized spacial score (nSPS) is 22.7. The van der Waals surface area contributed by atoms with Gasteiger partial charge >= 0.3 is 0 Å². The quantitative estimate of drug-likeness (QED) is 0.893. The molecule has 2 aromatic rings. The van der Waals surface area contributed by atoms with E-state index in [0.717, 1.165) is 56.3 Å². The minimum absolute atomic E-state index is 0.00638. The van der Waals surface area contributed by atoms with Crippen LogP contribution in [0.25, 0.3) is 5.69 Å². The molecule has 5 heteroatoms. The fourth-order valence-corrected chi connectivity index (χ4v) is 4.20. The second kappa shape index (κ2) is 7.23. The molecule has 0 radical (unpaired) electrons. The average molecular weight is 352 g/mol. The van der Waals surface area contributed by atoms with E-state index in [4.69, 9.17) is 5.10 Å². The van der Waals surface area contributed by atoms with Crippen LogP contribution < -0.4 is 10.6 Å². The topological polar surface area (TPSA) is 59.0 Å². The Balaban J connectivity index is 1.63. The van der Waals surface area contributed by atoms with Crippen molar-refractivity contribution in [2.75, 3.05) is 6.54 Å². The lowest BCUT2D eigenvalue weighted by Crippen LogP contribution is -2.46. The Hall–Kier alpha value is -2.14. The molecule has 138 valence electrons. The zero-order valence-electron chi connectivity index (χ0n) is 15.7. The van der Waals surface area contributed by atoms with Crippen molar-refractivity contribution in [3.63, 3.8) is 0 Å². The van der Waals surface area contributed by atoms with Gasteiger partial charge in [0.15, 0.2) is 5.69 Å². The van der Waals surface area contributed by atoms with Crippen molar-refractivity contribution in [1.82, 2.24) is 20.4 Å². The largest absolute Gasteiger partial charge is 0.348 e. The third kappa shape index (κ3) is 3.40. The Morgan fingerprint density at radius 2 is 2.00 bits per heavy atom. The number of carbonyl (C=O) groups excluding carboxylic acids is 1. The molecule has 2 atom stereocenters. The molecule has 1 aliphatic carbocycles. The minimum Gasteiger partial charge on any atom is -0.348 e. The second-order valence-corrected chi connectivity index (χ2v) is 7.78. The SMILES string of the molecule is Cc1ccc(-n2nc(C(=O)NC3CCNC(C)C3)c3c2CCCC3)cc1. The summed E-state index contributed by atoms with van der Waals surface area (Å²) in [4.78, 5) is 13.0. The van der Waals surface area contributed by atoms with Crippen LogP contribution in [-0.2, 0) is 12.8 Å². The highest BCUT2D eigenvalue weighted by atomic mass is 16.2. The van der Waals surface area contributed by atoms with Crippen molar-refractivity contribution >= 4 is 5.91 Å². The molecule has 1 aromatic heterocycles. The molecule has 4 rings (SSSR count). The van der Waals surface area contributed by atoms with Gasteiger partial charge in [-0.05, 0) is 71.0 Å². The average Bonchev–Trinajstić information content (AvgIpc) is 3.02. The highest BCUT2D eigenvalue weighted by Crippen LogP contribution is 2.27. The van der Waals surface area contributed by atoms with E-state index in [0.29, 0.717) is 11.7 Å². The molecular formula is C21H28N4O. The number of hydrogen-bond donors (Lipinski definition) is 2. The van der Waals surface area contributed by atoms with Crippen molar-refractivity contribution in [1.29, 1.82) is 0 Å². The lowest BCUT2D eigenvalue weighted by Gasteiger charge is -2.28. The number of nitrogens with zero attached hydrogens (tertiary/aromatic N) is 2. The summed E-state index contributed by atoms with van der Waals surface area (Å²) >= 11 is 0. The number of piperidine rings is 1. The van der Waals surface area contributed by atoms with Gasteiger partial charge in [0.25, 0.3) is 5.91 Å². The van der Waals surface area contributed by atoms with Crippen LogP contribution in [0.15, 0.2) is 24.3 Å². The highest BCUT2D eigenvalue weighted by molar-refractivity contribution is 5.94. The number of carbonyl (C=O) groups is 1. The van der Waals surface area contributed by atoms with E-state index in [-0.39, 0.29) is 11.9 Å². The third-order valence-electron chi connectivity index (χ3n) is 5.63. The molecule has 1 amide bonds. The molecule has 1 aromatic carbocycles. The summed E-state index contributed by atoms with van der Waals surface area (Å²) in [5.41, 5.74) is 5.27. The Labute approximate surface area is 155 Å². The lowest BCUT2D eigenvalue weighted by atomic mass is 9.95. The molecule has 5 nitrogen and oxygen atoms in total. The number of aryl methyl sites for hydroxylation is 1. The van der Waals surface area contributed by atoms with Crippen molar-refractivity contribution < 1.29 is 4.79 Å². The number of rotatable bonds is 3. The van der Waals surface area contributed by atoms with Gasteiger partial charge in [-0.2, -0.15) is 5.10 Å². The minimum atomic E-state index is -0.00638. The number of hydrogen-bond acceptors (Lipinski definition) is 3. The van der Waals surface area contributed by atoms with Gasteiger partial charge in [-0.3, -0.25) is 4.79 Å². The molecule has 1 saturated heterocycles. The maximum atomic E-state index is 13.0. The molecule has 2 heterocycles. The number of nitrogens with one attached hydrogen (secondary N) is 2. The van der Waals surface area contributed by atoms with Crippen LogP contribution in [0.1, 0.15) is 59.9 Å². The van der Waals surface area contributed by atoms with Gasteiger partial charge < -0.3 is 10.6 Å². The Morgan fingerprint density at radius 3 is 2.77 bits per heavy atom. The van der Waals surface area contributed by atoms with E-state index in [1.54, 1.807) is 0 Å². The fourth-order valence-electron chi connectivity index (χ4n) is 4.20. The van der Waals surface area contributed by atoms with E-state index in [1.165, 1.54) is 11.3 Å². The predicted octanol–water partition coefficient (Wildman–Crippen LogP) is 2.93. The zero-order valence-corrected chi connectivity index (χ0v) is 15.7. The van der Waals surface area contributed by atoms with Crippen LogP contribution in [0.5, 0.6) is 0 Å². The smallest absolute Gasteiger partial charge is 0.272 e. The zero-order chi connectivity index (χ0) is 18.1. The second-order valence-electron chi connectivity index (χ2n) is 7.78. The van der Waals surface area contributed by atoms with Gasteiger partial charge in [0, 0.05) is 23.3 Å². The highest BCUT2D eigenvalue weighted by Gasteiger charge is 2.28. The summed E-state index contributed by atoms with van der Waals surface area (Å²) in [5.74, 6) is -0.00638. The van der Waals surface area contributed by atoms with Crippen LogP contribution >= 0.6 is 0 Å². The predicted molar refractivity (Wildman–Crippen MR) is 103 cm³/mol. The maximum absolute atomic E-state index is 13.0. The van der Waals surface area contributed by atoms with Crippen LogP contribution in [-0.4, -0.2) is 34.3 Å². The maximum Gasteiger partial charge on any atom is 0.272 e. The number of benzene rings is 1.